The third-order valence-corrected chi connectivity index (χ3v) is 6.08. The molecule has 0 radical (unpaired) electrons. The van der Waals surface area contributed by atoms with E-state index in [9.17, 15) is 14.0 Å². The van der Waals surface area contributed by atoms with Crippen LogP contribution in [-0.2, 0) is 11.3 Å². The molecule has 1 N–H and O–H groups in total. The summed E-state index contributed by atoms with van der Waals surface area (Å²) in [7, 11) is 0. The predicted molar refractivity (Wildman–Crippen MR) is 110 cm³/mol. The average Bonchev–Trinajstić information content (AvgIpc) is 2.88. The standard InChI is InChI=1S/C24H27FN2O2/c25-19-13-11-17(12-14-19)22(15-23(28)26-20-8-3-1-2-4-9-20)27-16-18-7-5-6-10-21(18)24(27)29/h5-7,10-14,20,22H,1-4,8-9,15-16H2,(H,26,28)/t22-/m0/s1. The summed E-state index contributed by atoms with van der Waals surface area (Å²) in [4.78, 5) is 27.6. The van der Waals surface area contributed by atoms with Crippen LogP contribution in [0.3, 0.4) is 0 Å². The monoisotopic (exact) mass is 394 g/mol. The van der Waals surface area contributed by atoms with E-state index >= 15 is 0 Å². The van der Waals surface area contributed by atoms with Gasteiger partial charge in [0.2, 0.25) is 5.91 Å². The van der Waals surface area contributed by atoms with E-state index < -0.39 is 6.04 Å². The van der Waals surface area contributed by atoms with Crippen molar-refractivity contribution in [2.24, 2.45) is 0 Å². The second kappa shape index (κ2) is 8.76. The second-order valence-electron chi connectivity index (χ2n) is 8.12. The molecule has 0 aromatic heterocycles. The first kappa shape index (κ1) is 19.6. The zero-order chi connectivity index (χ0) is 20.2. The minimum absolute atomic E-state index is 0.0463. The van der Waals surface area contributed by atoms with Gasteiger partial charge in [-0.3, -0.25) is 9.59 Å². The van der Waals surface area contributed by atoms with E-state index in [2.05, 4.69) is 5.32 Å². The zero-order valence-electron chi connectivity index (χ0n) is 16.6. The Morgan fingerprint density at radius 3 is 2.41 bits per heavy atom. The predicted octanol–water partition coefficient (Wildman–Crippen LogP) is 4.75. The van der Waals surface area contributed by atoms with Crippen molar-refractivity contribution in [3.63, 3.8) is 0 Å². The normalized spacial score (nSPS) is 18.2. The molecule has 5 heteroatoms. The van der Waals surface area contributed by atoms with E-state index in [1.165, 1.54) is 25.0 Å². The first-order valence-electron chi connectivity index (χ1n) is 10.6. The minimum atomic E-state index is -0.415. The largest absolute Gasteiger partial charge is 0.353 e. The maximum absolute atomic E-state index is 13.5. The molecule has 1 atom stereocenters. The van der Waals surface area contributed by atoms with Crippen molar-refractivity contribution in [2.75, 3.05) is 0 Å². The quantitative estimate of drug-likeness (QED) is 0.744. The molecule has 0 spiro atoms. The van der Waals surface area contributed by atoms with Gasteiger partial charge >= 0.3 is 0 Å². The summed E-state index contributed by atoms with van der Waals surface area (Å²) < 4.78 is 13.5. The van der Waals surface area contributed by atoms with E-state index in [1.807, 2.05) is 24.3 Å². The molecule has 4 nitrogen and oxygen atoms in total. The third kappa shape index (κ3) is 4.50. The highest BCUT2D eigenvalue weighted by molar-refractivity contribution is 5.98. The van der Waals surface area contributed by atoms with Crippen molar-refractivity contribution in [1.82, 2.24) is 10.2 Å². The van der Waals surface area contributed by atoms with Crippen molar-refractivity contribution >= 4 is 11.8 Å². The van der Waals surface area contributed by atoms with E-state index in [4.69, 9.17) is 0 Å². The summed E-state index contributed by atoms with van der Waals surface area (Å²) in [6.45, 7) is 0.466. The highest BCUT2D eigenvalue weighted by Gasteiger charge is 2.34. The molecule has 1 saturated carbocycles. The number of benzene rings is 2. The van der Waals surface area contributed by atoms with Gasteiger partial charge in [0.25, 0.3) is 5.91 Å². The van der Waals surface area contributed by atoms with Crippen molar-refractivity contribution in [3.05, 3.63) is 71.0 Å². The number of nitrogens with one attached hydrogen (secondary N) is 1. The lowest BCUT2D eigenvalue weighted by Crippen LogP contribution is -2.38. The molecule has 1 heterocycles. The van der Waals surface area contributed by atoms with E-state index in [0.717, 1.165) is 36.8 Å². The number of fused-ring (bicyclic) bond motifs is 1. The highest BCUT2D eigenvalue weighted by Crippen LogP contribution is 2.33. The van der Waals surface area contributed by atoms with Gasteiger partial charge in [-0.2, -0.15) is 0 Å². The topological polar surface area (TPSA) is 49.4 Å². The van der Waals surface area contributed by atoms with Crippen LogP contribution in [0.1, 0.15) is 72.5 Å². The molecule has 2 amide bonds. The third-order valence-electron chi connectivity index (χ3n) is 6.08. The summed E-state index contributed by atoms with van der Waals surface area (Å²) in [5, 5.41) is 3.18. The van der Waals surface area contributed by atoms with Gasteiger partial charge in [0, 0.05) is 18.2 Å². The Balaban J connectivity index is 1.54. The molecule has 1 aliphatic carbocycles. The Kier molecular flexibility index (Phi) is 5.93. The van der Waals surface area contributed by atoms with Crippen molar-refractivity contribution in [1.29, 1.82) is 0 Å². The van der Waals surface area contributed by atoms with Crippen LogP contribution >= 0.6 is 0 Å². The molecular formula is C24H27FN2O2. The molecule has 2 aliphatic rings. The van der Waals surface area contributed by atoms with Crippen molar-refractivity contribution in [3.8, 4) is 0 Å². The van der Waals surface area contributed by atoms with Gasteiger partial charge < -0.3 is 10.2 Å². The molecule has 1 fully saturated rings. The van der Waals surface area contributed by atoms with Crippen molar-refractivity contribution in [2.45, 2.75) is 63.6 Å². The van der Waals surface area contributed by atoms with Crippen LogP contribution in [0.15, 0.2) is 48.5 Å². The van der Waals surface area contributed by atoms with Crippen LogP contribution in [0.25, 0.3) is 0 Å². The Bertz CT molecular complexity index is 873. The summed E-state index contributed by atoms with van der Waals surface area (Å²) in [6.07, 6.45) is 6.96. The van der Waals surface area contributed by atoms with Crippen LogP contribution in [0.5, 0.6) is 0 Å². The Morgan fingerprint density at radius 2 is 1.72 bits per heavy atom. The number of hydrogen-bond donors (Lipinski definition) is 1. The molecular weight excluding hydrogens is 367 g/mol. The zero-order valence-corrected chi connectivity index (χ0v) is 16.6. The lowest BCUT2D eigenvalue weighted by Gasteiger charge is -2.29. The molecule has 1 aliphatic heterocycles. The highest BCUT2D eigenvalue weighted by atomic mass is 19.1. The smallest absolute Gasteiger partial charge is 0.255 e. The fourth-order valence-corrected chi connectivity index (χ4v) is 4.51. The number of rotatable bonds is 5. The maximum Gasteiger partial charge on any atom is 0.255 e. The molecule has 2 aromatic carbocycles. The minimum Gasteiger partial charge on any atom is -0.353 e. The van der Waals surface area contributed by atoms with Gasteiger partial charge in [-0.15, -0.1) is 0 Å². The first-order valence-corrected chi connectivity index (χ1v) is 10.6. The number of carbonyl (C=O) groups excluding carboxylic acids is 2. The Labute approximate surface area is 171 Å². The lowest BCUT2D eigenvalue weighted by molar-refractivity contribution is -0.123. The maximum atomic E-state index is 13.5. The number of halogens is 1. The van der Waals surface area contributed by atoms with Gasteiger partial charge in [-0.25, -0.2) is 4.39 Å². The SMILES string of the molecule is O=C(C[C@@H](c1ccc(F)cc1)N1Cc2ccccc2C1=O)NC1CCCCCC1. The van der Waals surface area contributed by atoms with Gasteiger partial charge in [0.15, 0.2) is 0 Å². The van der Waals surface area contributed by atoms with Crippen LogP contribution in [0.4, 0.5) is 4.39 Å². The Hall–Kier alpha value is -2.69. The molecule has 4 rings (SSSR count). The summed E-state index contributed by atoms with van der Waals surface area (Å²) in [5.41, 5.74) is 2.43. The number of carbonyl (C=O) groups is 2. The van der Waals surface area contributed by atoms with Crippen LogP contribution < -0.4 is 5.32 Å². The Morgan fingerprint density at radius 1 is 1.03 bits per heavy atom. The molecule has 29 heavy (non-hydrogen) atoms. The van der Waals surface area contributed by atoms with Crippen LogP contribution in [-0.4, -0.2) is 22.8 Å². The second-order valence-corrected chi connectivity index (χ2v) is 8.12. The number of amides is 2. The lowest BCUT2D eigenvalue weighted by atomic mass is 10.0. The van der Waals surface area contributed by atoms with E-state index in [0.29, 0.717) is 12.1 Å². The van der Waals surface area contributed by atoms with Crippen molar-refractivity contribution < 1.29 is 14.0 Å². The summed E-state index contributed by atoms with van der Waals surface area (Å²) in [6, 6.07) is 13.5. The summed E-state index contributed by atoms with van der Waals surface area (Å²) in [5.74, 6) is -0.446. The average molecular weight is 394 g/mol. The molecule has 0 saturated heterocycles. The molecule has 0 unspecified atom stereocenters. The van der Waals surface area contributed by atoms with E-state index in [-0.39, 0.29) is 30.1 Å². The van der Waals surface area contributed by atoms with Gasteiger partial charge in [0.1, 0.15) is 5.82 Å². The van der Waals surface area contributed by atoms with Gasteiger partial charge in [-0.05, 0) is 42.2 Å². The van der Waals surface area contributed by atoms with Crippen LogP contribution in [0, 0.1) is 5.82 Å². The van der Waals surface area contributed by atoms with Crippen LogP contribution in [0.2, 0.25) is 0 Å². The van der Waals surface area contributed by atoms with Gasteiger partial charge in [0.05, 0.1) is 12.5 Å². The fraction of sp³-hybridized carbons (Fsp3) is 0.417. The molecule has 0 bridgehead atoms. The summed E-state index contributed by atoms with van der Waals surface area (Å²) >= 11 is 0. The molecule has 2 aromatic rings. The van der Waals surface area contributed by atoms with Gasteiger partial charge in [-0.1, -0.05) is 56.0 Å². The number of hydrogen-bond acceptors (Lipinski definition) is 2. The first-order chi connectivity index (χ1) is 14.1. The number of nitrogens with zero attached hydrogens (tertiary/aromatic N) is 1. The van der Waals surface area contributed by atoms with E-state index in [1.54, 1.807) is 17.0 Å². The molecule has 152 valence electrons. The fourth-order valence-electron chi connectivity index (χ4n) is 4.51.